The lowest BCUT2D eigenvalue weighted by Crippen LogP contribution is -2.17. The molecule has 6 nitrogen and oxygen atoms in total. The number of nitrogens with zero attached hydrogens (tertiary/aromatic N) is 1. The van der Waals surface area contributed by atoms with Gasteiger partial charge in [-0.3, -0.25) is 4.79 Å². The monoisotopic (exact) mass is 452 g/mol. The van der Waals surface area contributed by atoms with Gasteiger partial charge >= 0.3 is 0 Å². The summed E-state index contributed by atoms with van der Waals surface area (Å²) in [6.07, 6.45) is 2.47. The summed E-state index contributed by atoms with van der Waals surface area (Å²) in [6.45, 7) is 3.05. The Labute approximate surface area is 192 Å². The van der Waals surface area contributed by atoms with Crippen molar-refractivity contribution in [3.63, 3.8) is 0 Å². The predicted octanol–water partition coefficient (Wildman–Crippen LogP) is 5.48. The molecule has 0 saturated heterocycles. The van der Waals surface area contributed by atoms with Crippen molar-refractivity contribution in [3.8, 4) is 17.2 Å². The lowest BCUT2D eigenvalue weighted by Gasteiger charge is -2.11. The number of carbonyl (C=O) groups excluding carboxylic acids is 1. The Hall–Kier alpha value is -3.51. The van der Waals surface area contributed by atoms with E-state index in [9.17, 15) is 4.79 Å². The SMILES string of the molecule is CCCOc1ccc(C(=O)N/N=C/c2ccc(OCc3cccc(Cl)c3)c(OC)c2)cc1. The molecule has 3 aromatic carbocycles. The van der Waals surface area contributed by atoms with Gasteiger partial charge in [-0.2, -0.15) is 5.10 Å². The van der Waals surface area contributed by atoms with Gasteiger partial charge in [-0.05, 0) is 72.1 Å². The predicted molar refractivity (Wildman–Crippen MR) is 126 cm³/mol. The summed E-state index contributed by atoms with van der Waals surface area (Å²) < 4.78 is 16.8. The molecule has 0 saturated carbocycles. The fraction of sp³-hybridized carbons (Fsp3) is 0.200. The molecule has 0 heterocycles. The molecule has 166 valence electrons. The molecule has 0 aliphatic carbocycles. The molecule has 0 fully saturated rings. The number of carbonyl (C=O) groups is 1. The first kappa shape index (κ1) is 23.2. The Balaban J connectivity index is 1.57. The zero-order chi connectivity index (χ0) is 22.8. The molecule has 0 spiro atoms. The van der Waals surface area contributed by atoms with Gasteiger partial charge in [-0.1, -0.05) is 30.7 Å². The third-order valence-corrected chi connectivity index (χ3v) is 4.68. The average molecular weight is 453 g/mol. The van der Waals surface area contributed by atoms with Gasteiger partial charge in [0.25, 0.3) is 5.91 Å². The van der Waals surface area contributed by atoms with E-state index in [4.69, 9.17) is 25.8 Å². The van der Waals surface area contributed by atoms with Crippen LogP contribution in [0.4, 0.5) is 0 Å². The Bertz CT molecular complexity index is 1070. The van der Waals surface area contributed by atoms with E-state index in [2.05, 4.69) is 10.5 Å². The highest BCUT2D eigenvalue weighted by atomic mass is 35.5. The topological polar surface area (TPSA) is 69.2 Å². The maximum absolute atomic E-state index is 12.3. The fourth-order valence-electron chi connectivity index (χ4n) is 2.82. The normalized spacial score (nSPS) is 10.7. The highest BCUT2D eigenvalue weighted by Gasteiger charge is 2.07. The van der Waals surface area contributed by atoms with E-state index in [0.717, 1.165) is 23.3 Å². The van der Waals surface area contributed by atoms with E-state index in [0.29, 0.717) is 35.3 Å². The Kier molecular flexibility index (Phi) is 8.52. The summed E-state index contributed by atoms with van der Waals surface area (Å²) in [6, 6.07) is 19.8. The minimum Gasteiger partial charge on any atom is -0.494 e. The third kappa shape index (κ3) is 6.75. The Morgan fingerprint density at radius 2 is 1.84 bits per heavy atom. The van der Waals surface area contributed by atoms with E-state index in [-0.39, 0.29) is 5.91 Å². The zero-order valence-corrected chi connectivity index (χ0v) is 18.8. The number of ether oxygens (including phenoxy) is 3. The van der Waals surface area contributed by atoms with Crippen LogP contribution in [0.2, 0.25) is 5.02 Å². The quantitative estimate of drug-likeness (QED) is 0.326. The molecule has 0 aliphatic heterocycles. The van der Waals surface area contributed by atoms with Crippen molar-refractivity contribution in [2.75, 3.05) is 13.7 Å². The van der Waals surface area contributed by atoms with Crippen LogP contribution in [0.15, 0.2) is 71.8 Å². The molecular weight excluding hydrogens is 428 g/mol. The van der Waals surface area contributed by atoms with Crippen LogP contribution in [0.1, 0.15) is 34.8 Å². The van der Waals surface area contributed by atoms with E-state index in [1.807, 2.05) is 37.3 Å². The minimum absolute atomic E-state index is 0.309. The number of rotatable bonds is 10. The summed E-state index contributed by atoms with van der Waals surface area (Å²) in [4.78, 5) is 12.3. The van der Waals surface area contributed by atoms with Gasteiger partial charge in [0.15, 0.2) is 11.5 Å². The molecule has 7 heteroatoms. The second-order valence-electron chi connectivity index (χ2n) is 6.90. The Morgan fingerprint density at radius 3 is 2.56 bits per heavy atom. The van der Waals surface area contributed by atoms with E-state index in [1.54, 1.807) is 49.7 Å². The first-order valence-corrected chi connectivity index (χ1v) is 10.6. The summed E-state index contributed by atoms with van der Waals surface area (Å²) in [5.74, 6) is 1.58. The minimum atomic E-state index is -0.309. The molecule has 0 unspecified atom stereocenters. The standard InChI is InChI=1S/C25H25ClN2O4/c1-3-13-31-22-10-8-20(9-11-22)25(29)28-27-16-18-7-12-23(24(15-18)30-2)32-17-19-5-4-6-21(26)14-19/h4-12,14-16H,3,13,17H2,1-2H3,(H,28,29)/b27-16+. The van der Waals surface area contributed by atoms with E-state index >= 15 is 0 Å². The molecule has 32 heavy (non-hydrogen) atoms. The molecule has 0 aliphatic rings. The largest absolute Gasteiger partial charge is 0.494 e. The van der Waals surface area contributed by atoms with Gasteiger partial charge in [-0.25, -0.2) is 5.43 Å². The highest BCUT2D eigenvalue weighted by molar-refractivity contribution is 6.30. The summed E-state index contributed by atoms with van der Waals surface area (Å²) in [5.41, 5.74) is 4.72. The van der Waals surface area contributed by atoms with Crippen LogP contribution in [-0.2, 0) is 6.61 Å². The lowest BCUT2D eigenvalue weighted by atomic mass is 10.2. The van der Waals surface area contributed by atoms with Crippen molar-refractivity contribution in [3.05, 3.63) is 88.4 Å². The van der Waals surface area contributed by atoms with Crippen molar-refractivity contribution in [2.45, 2.75) is 20.0 Å². The first-order valence-electron chi connectivity index (χ1n) is 10.2. The first-order chi connectivity index (χ1) is 15.6. The molecule has 3 aromatic rings. The number of hydrogen-bond donors (Lipinski definition) is 1. The van der Waals surface area contributed by atoms with Crippen LogP contribution in [0.25, 0.3) is 0 Å². The molecule has 1 amide bonds. The Morgan fingerprint density at radius 1 is 1.03 bits per heavy atom. The van der Waals surface area contributed by atoms with Crippen LogP contribution in [0, 0.1) is 0 Å². The van der Waals surface area contributed by atoms with Crippen LogP contribution in [-0.4, -0.2) is 25.8 Å². The molecular formula is C25H25ClN2O4. The zero-order valence-electron chi connectivity index (χ0n) is 18.0. The number of hydrazone groups is 1. The van der Waals surface area contributed by atoms with Crippen molar-refractivity contribution >= 4 is 23.7 Å². The molecule has 1 N–H and O–H groups in total. The molecule has 0 radical (unpaired) electrons. The van der Waals surface area contributed by atoms with Crippen LogP contribution < -0.4 is 19.6 Å². The van der Waals surface area contributed by atoms with Gasteiger partial charge in [0.2, 0.25) is 0 Å². The molecule has 0 atom stereocenters. The number of amides is 1. The number of nitrogens with one attached hydrogen (secondary N) is 1. The van der Waals surface area contributed by atoms with Crippen molar-refractivity contribution in [1.82, 2.24) is 5.43 Å². The number of halogens is 1. The van der Waals surface area contributed by atoms with Crippen molar-refractivity contribution in [2.24, 2.45) is 5.10 Å². The summed E-state index contributed by atoms with van der Waals surface area (Å²) in [7, 11) is 1.57. The smallest absolute Gasteiger partial charge is 0.271 e. The lowest BCUT2D eigenvalue weighted by molar-refractivity contribution is 0.0955. The highest BCUT2D eigenvalue weighted by Crippen LogP contribution is 2.28. The maximum Gasteiger partial charge on any atom is 0.271 e. The van der Waals surface area contributed by atoms with Crippen LogP contribution in [0.5, 0.6) is 17.2 Å². The number of hydrogen-bond acceptors (Lipinski definition) is 5. The third-order valence-electron chi connectivity index (χ3n) is 4.44. The van der Waals surface area contributed by atoms with Crippen molar-refractivity contribution in [1.29, 1.82) is 0 Å². The van der Waals surface area contributed by atoms with Crippen molar-refractivity contribution < 1.29 is 19.0 Å². The maximum atomic E-state index is 12.3. The summed E-state index contributed by atoms with van der Waals surface area (Å²) >= 11 is 6.01. The second kappa shape index (κ2) is 11.8. The summed E-state index contributed by atoms with van der Waals surface area (Å²) in [5, 5.41) is 4.69. The second-order valence-corrected chi connectivity index (χ2v) is 7.34. The van der Waals surface area contributed by atoms with Gasteiger partial charge in [-0.15, -0.1) is 0 Å². The average Bonchev–Trinajstić information content (AvgIpc) is 2.82. The van der Waals surface area contributed by atoms with Crippen LogP contribution >= 0.6 is 11.6 Å². The molecule has 3 rings (SSSR count). The van der Waals surface area contributed by atoms with Gasteiger partial charge in [0.05, 0.1) is 19.9 Å². The fourth-order valence-corrected chi connectivity index (χ4v) is 3.04. The van der Waals surface area contributed by atoms with E-state index < -0.39 is 0 Å². The van der Waals surface area contributed by atoms with Gasteiger partial charge in [0, 0.05) is 10.6 Å². The van der Waals surface area contributed by atoms with Crippen LogP contribution in [0.3, 0.4) is 0 Å². The van der Waals surface area contributed by atoms with E-state index in [1.165, 1.54) is 0 Å². The molecule has 0 bridgehead atoms. The van der Waals surface area contributed by atoms with Gasteiger partial charge < -0.3 is 14.2 Å². The van der Waals surface area contributed by atoms with Gasteiger partial charge in [0.1, 0.15) is 12.4 Å². The number of methoxy groups -OCH3 is 1. The molecule has 0 aromatic heterocycles. The number of benzene rings is 3.